The summed E-state index contributed by atoms with van der Waals surface area (Å²) in [6, 6.07) is 20.3. The Balaban J connectivity index is 1.66. The zero-order valence-electron chi connectivity index (χ0n) is 23.2. The predicted molar refractivity (Wildman–Crippen MR) is 161 cm³/mol. The van der Waals surface area contributed by atoms with Crippen LogP contribution in [0, 0.1) is 13.8 Å². The molecule has 8 heteroatoms. The highest BCUT2D eigenvalue weighted by Gasteiger charge is 2.26. The fraction of sp³-hybridized carbons (Fsp3) is 0.355. The number of hydrogen-bond acceptors (Lipinski definition) is 5. The smallest absolute Gasteiger partial charge is 0.260 e. The van der Waals surface area contributed by atoms with Gasteiger partial charge in [0.2, 0.25) is 10.0 Å². The molecular formula is C31H37N3O3S2. The molecule has 4 aromatic rings. The van der Waals surface area contributed by atoms with E-state index in [-0.39, 0.29) is 10.8 Å². The molecule has 39 heavy (non-hydrogen) atoms. The zero-order valence-corrected chi connectivity index (χ0v) is 24.8. The molecule has 3 aromatic carbocycles. The molecule has 1 amide bonds. The van der Waals surface area contributed by atoms with Gasteiger partial charge in [-0.2, -0.15) is 4.31 Å². The van der Waals surface area contributed by atoms with Crippen molar-refractivity contribution in [1.82, 2.24) is 9.29 Å². The molecule has 0 saturated heterocycles. The Morgan fingerprint density at radius 2 is 1.49 bits per heavy atom. The van der Waals surface area contributed by atoms with Crippen molar-refractivity contribution in [1.29, 1.82) is 0 Å². The number of aromatic nitrogens is 1. The molecule has 0 unspecified atom stereocenters. The van der Waals surface area contributed by atoms with Crippen LogP contribution in [0.2, 0.25) is 0 Å². The maximum atomic E-state index is 13.9. The lowest BCUT2D eigenvalue weighted by atomic mass is 10.1. The number of unbranched alkanes of at least 4 members (excludes halogenated alkanes) is 2. The monoisotopic (exact) mass is 563 g/mol. The maximum absolute atomic E-state index is 13.9. The molecule has 0 aliphatic heterocycles. The lowest BCUT2D eigenvalue weighted by Gasteiger charge is -2.23. The van der Waals surface area contributed by atoms with Crippen LogP contribution in [0.15, 0.2) is 71.6 Å². The summed E-state index contributed by atoms with van der Waals surface area (Å²) in [5, 5.41) is 0.617. The summed E-state index contributed by atoms with van der Waals surface area (Å²) in [6.45, 7) is 9.60. The molecular weight excluding hydrogens is 526 g/mol. The molecule has 0 aliphatic rings. The van der Waals surface area contributed by atoms with Crippen LogP contribution in [0.4, 0.5) is 5.13 Å². The highest BCUT2D eigenvalue weighted by Crippen LogP contribution is 2.32. The van der Waals surface area contributed by atoms with Crippen molar-refractivity contribution in [3.8, 4) is 0 Å². The average molecular weight is 564 g/mol. The number of hydrogen-bond donors (Lipinski definition) is 0. The molecule has 0 N–H and O–H groups in total. The Kier molecular flexibility index (Phi) is 9.53. The molecule has 206 valence electrons. The van der Waals surface area contributed by atoms with Gasteiger partial charge in [0.25, 0.3) is 5.91 Å². The van der Waals surface area contributed by atoms with Gasteiger partial charge in [0.05, 0.1) is 21.7 Å². The Bertz CT molecular complexity index is 1470. The van der Waals surface area contributed by atoms with Gasteiger partial charge in [0.1, 0.15) is 0 Å². The number of amides is 1. The molecule has 0 bridgehead atoms. The van der Waals surface area contributed by atoms with E-state index in [1.807, 2.05) is 30.3 Å². The Morgan fingerprint density at radius 1 is 0.872 bits per heavy atom. The highest BCUT2D eigenvalue weighted by molar-refractivity contribution is 7.89. The summed E-state index contributed by atoms with van der Waals surface area (Å²) in [6.07, 6.45) is 3.48. The third kappa shape index (κ3) is 6.75. The number of carbonyl (C=O) groups is 1. The SMILES string of the molecule is CCCCN(CCCC)S(=O)(=O)c1ccc(C(=O)N(Cc2ccccc2)c2nc3cc(C)c(C)cc3s2)cc1. The van der Waals surface area contributed by atoms with Gasteiger partial charge in [-0.25, -0.2) is 13.4 Å². The minimum atomic E-state index is -3.64. The van der Waals surface area contributed by atoms with Crippen LogP contribution in [0.25, 0.3) is 10.2 Å². The first-order valence-corrected chi connectivity index (χ1v) is 15.8. The number of carbonyl (C=O) groups excluding carboxylic acids is 1. The summed E-state index contributed by atoms with van der Waals surface area (Å²) >= 11 is 1.49. The van der Waals surface area contributed by atoms with E-state index in [4.69, 9.17) is 4.98 Å². The molecule has 0 fully saturated rings. The first-order valence-electron chi connectivity index (χ1n) is 13.6. The molecule has 1 heterocycles. The largest absolute Gasteiger partial charge is 0.279 e. The Labute approximate surface area is 236 Å². The van der Waals surface area contributed by atoms with Crippen molar-refractivity contribution >= 4 is 42.6 Å². The molecule has 0 radical (unpaired) electrons. The number of benzene rings is 3. The van der Waals surface area contributed by atoms with Crippen LogP contribution in [-0.4, -0.2) is 36.7 Å². The van der Waals surface area contributed by atoms with Crippen LogP contribution < -0.4 is 4.90 Å². The minimum absolute atomic E-state index is 0.215. The van der Waals surface area contributed by atoms with Gasteiger partial charge in [-0.15, -0.1) is 0 Å². The molecule has 0 spiro atoms. The molecule has 0 saturated carbocycles. The van der Waals surface area contributed by atoms with E-state index in [9.17, 15) is 13.2 Å². The third-order valence-corrected chi connectivity index (χ3v) is 9.87. The van der Waals surface area contributed by atoms with Gasteiger partial charge in [0.15, 0.2) is 5.13 Å². The minimum Gasteiger partial charge on any atom is -0.279 e. The van der Waals surface area contributed by atoms with Crippen LogP contribution in [0.3, 0.4) is 0 Å². The van der Waals surface area contributed by atoms with Crippen molar-refractivity contribution < 1.29 is 13.2 Å². The van der Waals surface area contributed by atoms with E-state index in [1.54, 1.807) is 33.5 Å². The van der Waals surface area contributed by atoms with Gasteiger partial charge in [-0.1, -0.05) is 68.4 Å². The summed E-state index contributed by atoms with van der Waals surface area (Å²) in [5.41, 5.74) is 4.61. The Hall–Kier alpha value is -3.07. The topological polar surface area (TPSA) is 70.6 Å². The summed E-state index contributed by atoms with van der Waals surface area (Å²) in [4.78, 5) is 20.6. The van der Waals surface area contributed by atoms with E-state index in [2.05, 4.69) is 39.8 Å². The Morgan fingerprint density at radius 3 is 2.10 bits per heavy atom. The van der Waals surface area contributed by atoms with Crippen LogP contribution in [0.5, 0.6) is 0 Å². The number of fused-ring (bicyclic) bond motifs is 1. The zero-order chi connectivity index (χ0) is 28.0. The van der Waals surface area contributed by atoms with Crippen molar-refractivity contribution in [2.24, 2.45) is 0 Å². The normalized spacial score (nSPS) is 11.8. The lowest BCUT2D eigenvalue weighted by Crippen LogP contribution is -2.33. The fourth-order valence-electron chi connectivity index (χ4n) is 4.37. The molecule has 1 aromatic heterocycles. The second-order valence-corrected chi connectivity index (χ2v) is 12.9. The standard InChI is InChI=1S/C31H37N3O3S2/c1-5-7-18-33(19-8-6-2)39(36,37)27-16-14-26(15-17-27)30(35)34(22-25-12-10-9-11-13-25)31-32-28-20-23(3)24(4)21-29(28)38-31/h9-17,20-21H,5-8,18-19,22H2,1-4H3. The van der Waals surface area contributed by atoms with Crippen molar-refractivity contribution in [2.45, 2.75) is 64.8 Å². The van der Waals surface area contributed by atoms with Gasteiger partial charge >= 0.3 is 0 Å². The number of rotatable bonds is 12. The highest BCUT2D eigenvalue weighted by atomic mass is 32.2. The van der Waals surface area contributed by atoms with Gasteiger partial charge < -0.3 is 0 Å². The number of nitrogens with zero attached hydrogens (tertiary/aromatic N) is 3. The lowest BCUT2D eigenvalue weighted by molar-refractivity contribution is 0.0985. The fourth-order valence-corrected chi connectivity index (χ4v) is 6.93. The number of sulfonamides is 1. The third-order valence-electron chi connectivity index (χ3n) is 6.91. The summed E-state index contributed by atoms with van der Waals surface area (Å²) < 4.78 is 29.4. The number of thiazole rings is 1. The van der Waals surface area contributed by atoms with Crippen molar-refractivity contribution in [3.63, 3.8) is 0 Å². The van der Waals surface area contributed by atoms with Crippen LogP contribution >= 0.6 is 11.3 Å². The van der Waals surface area contributed by atoms with Gasteiger partial charge in [-0.05, 0) is 79.8 Å². The van der Waals surface area contributed by atoms with Crippen LogP contribution in [0.1, 0.15) is 66.6 Å². The number of aryl methyl sites for hydroxylation is 2. The van der Waals surface area contributed by atoms with Gasteiger partial charge in [0, 0.05) is 18.7 Å². The summed E-state index contributed by atoms with van der Waals surface area (Å²) in [5.74, 6) is -0.218. The van der Waals surface area contributed by atoms with Crippen molar-refractivity contribution in [2.75, 3.05) is 18.0 Å². The molecule has 6 nitrogen and oxygen atoms in total. The van der Waals surface area contributed by atoms with Crippen LogP contribution in [-0.2, 0) is 16.6 Å². The van der Waals surface area contributed by atoms with E-state index >= 15 is 0 Å². The molecule has 0 atom stereocenters. The van der Waals surface area contributed by atoms with Crippen molar-refractivity contribution in [3.05, 3.63) is 89.0 Å². The second-order valence-electron chi connectivity index (χ2n) is 9.91. The van der Waals surface area contributed by atoms with E-state index in [1.165, 1.54) is 16.9 Å². The molecule has 0 aliphatic carbocycles. The van der Waals surface area contributed by atoms with E-state index < -0.39 is 10.0 Å². The average Bonchev–Trinajstić information content (AvgIpc) is 3.34. The first kappa shape index (κ1) is 28.9. The maximum Gasteiger partial charge on any atom is 0.260 e. The number of anilines is 1. The van der Waals surface area contributed by atoms with E-state index in [0.717, 1.165) is 47.0 Å². The summed E-state index contributed by atoms with van der Waals surface area (Å²) in [7, 11) is -3.64. The predicted octanol–water partition coefficient (Wildman–Crippen LogP) is 7.35. The first-order chi connectivity index (χ1) is 18.7. The quantitative estimate of drug-likeness (QED) is 0.181. The van der Waals surface area contributed by atoms with E-state index in [0.29, 0.717) is 30.3 Å². The second kappa shape index (κ2) is 12.9. The van der Waals surface area contributed by atoms with Gasteiger partial charge in [-0.3, -0.25) is 9.69 Å². The molecule has 4 rings (SSSR count).